The molecule has 1 aliphatic rings. The van der Waals surface area contributed by atoms with Gasteiger partial charge in [-0.15, -0.1) is 0 Å². The van der Waals surface area contributed by atoms with Gasteiger partial charge in [-0.1, -0.05) is 17.7 Å². The van der Waals surface area contributed by atoms with Crippen LogP contribution in [0.5, 0.6) is 0 Å². The van der Waals surface area contributed by atoms with E-state index in [-0.39, 0.29) is 11.6 Å². The van der Waals surface area contributed by atoms with Gasteiger partial charge in [0.05, 0.1) is 5.02 Å². The summed E-state index contributed by atoms with van der Waals surface area (Å²) < 4.78 is 26.9. The molecule has 0 unspecified atom stereocenters. The Hall–Kier alpha value is -1.45. The first-order valence-electron chi connectivity index (χ1n) is 6.61. The van der Waals surface area contributed by atoms with E-state index in [9.17, 15) is 8.78 Å². The first kappa shape index (κ1) is 13.5. The maximum atomic E-state index is 13.8. The van der Waals surface area contributed by atoms with Gasteiger partial charge in [0.1, 0.15) is 11.6 Å². The van der Waals surface area contributed by atoms with Gasteiger partial charge in [0.2, 0.25) is 0 Å². The topological polar surface area (TPSA) is 12.0 Å². The predicted molar refractivity (Wildman–Crippen MR) is 76.7 cm³/mol. The van der Waals surface area contributed by atoms with E-state index in [1.54, 1.807) is 18.2 Å². The van der Waals surface area contributed by atoms with Gasteiger partial charge in [-0.2, -0.15) is 0 Å². The molecular weight excluding hydrogens is 280 g/mol. The van der Waals surface area contributed by atoms with Gasteiger partial charge >= 0.3 is 0 Å². The van der Waals surface area contributed by atoms with Crippen molar-refractivity contribution < 1.29 is 8.78 Å². The lowest BCUT2D eigenvalue weighted by atomic mass is 10.0. The number of nitrogens with one attached hydrogen (secondary N) is 1. The van der Waals surface area contributed by atoms with E-state index >= 15 is 0 Å². The van der Waals surface area contributed by atoms with Gasteiger partial charge in [-0.05, 0) is 48.7 Å². The summed E-state index contributed by atoms with van der Waals surface area (Å²) in [5.41, 5.74) is 2.11. The van der Waals surface area contributed by atoms with Crippen molar-refractivity contribution in [2.24, 2.45) is 0 Å². The van der Waals surface area contributed by atoms with Gasteiger partial charge < -0.3 is 5.32 Å². The zero-order valence-electron chi connectivity index (χ0n) is 10.8. The van der Waals surface area contributed by atoms with E-state index in [2.05, 4.69) is 5.32 Å². The molecule has 0 spiro atoms. The molecule has 1 aliphatic carbocycles. The van der Waals surface area contributed by atoms with Crippen LogP contribution in [0.25, 0.3) is 11.1 Å². The molecule has 0 heterocycles. The van der Waals surface area contributed by atoms with Gasteiger partial charge in [0.25, 0.3) is 0 Å². The Morgan fingerprint density at radius 1 is 1.10 bits per heavy atom. The van der Waals surface area contributed by atoms with E-state index < -0.39 is 0 Å². The monoisotopic (exact) mass is 293 g/mol. The average Bonchev–Trinajstić information content (AvgIpc) is 3.22. The number of hydrogen-bond acceptors (Lipinski definition) is 1. The molecule has 1 N–H and O–H groups in total. The van der Waals surface area contributed by atoms with E-state index in [4.69, 9.17) is 11.6 Å². The Morgan fingerprint density at radius 3 is 2.60 bits per heavy atom. The Labute approximate surface area is 121 Å². The highest BCUT2D eigenvalue weighted by Crippen LogP contribution is 2.30. The lowest BCUT2D eigenvalue weighted by Crippen LogP contribution is -2.16. The third-order valence-electron chi connectivity index (χ3n) is 3.45. The van der Waals surface area contributed by atoms with Crippen molar-refractivity contribution in [1.82, 2.24) is 5.32 Å². The third-order valence-corrected chi connectivity index (χ3v) is 3.76. The fourth-order valence-electron chi connectivity index (χ4n) is 2.14. The van der Waals surface area contributed by atoms with E-state index in [1.807, 2.05) is 0 Å². The highest BCUT2D eigenvalue weighted by atomic mass is 35.5. The van der Waals surface area contributed by atoms with Crippen LogP contribution in [0.1, 0.15) is 18.4 Å². The summed E-state index contributed by atoms with van der Waals surface area (Å²) >= 11 is 6.04. The minimum absolute atomic E-state index is 0.236. The summed E-state index contributed by atoms with van der Waals surface area (Å²) in [6.45, 7) is 0.503. The fraction of sp³-hybridized carbons (Fsp3) is 0.250. The Balaban J connectivity index is 1.90. The number of rotatable bonds is 4. The lowest BCUT2D eigenvalue weighted by molar-refractivity contribution is 0.587. The molecule has 104 valence electrons. The molecule has 0 saturated heterocycles. The smallest absolute Gasteiger partial charge is 0.127 e. The van der Waals surface area contributed by atoms with Gasteiger partial charge in [-0.3, -0.25) is 0 Å². The van der Waals surface area contributed by atoms with Crippen molar-refractivity contribution in [1.29, 1.82) is 0 Å². The normalized spacial score (nSPS) is 14.6. The molecule has 0 amide bonds. The van der Waals surface area contributed by atoms with E-state index in [0.29, 0.717) is 28.7 Å². The summed E-state index contributed by atoms with van der Waals surface area (Å²) in [6.07, 6.45) is 2.32. The second-order valence-electron chi connectivity index (χ2n) is 5.09. The van der Waals surface area contributed by atoms with E-state index in [1.165, 1.54) is 18.2 Å². The standard InChI is InChI=1S/C16H14ClF2N/c17-15-8-12(18)2-5-14(15)10-1-6-16(19)11(7-10)9-20-13-3-4-13/h1-2,5-8,13,20H,3-4,9H2. The van der Waals surface area contributed by atoms with Crippen molar-refractivity contribution in [3.05, 3.63) is 58.6 Å². The van der Waals surface area contributed by atoms with Crippen LogP contribution in [0.15, 0.2) is 36.4 Å². The number of halogens is 3. The highest BCUT2D eigenvalue weighted by molar-refractivity contribution is 6.33. The molecule has 0 aliphatic heterocycles. The molecule has 0 radical (unpaired) electrons. The van der Waals surface area contributed by atoms with Crippen molar-refractivity contribution in [2.75, 3.05) is 0 Å². The van der Waals surface area contributed by atoms with Gasteiger partial charge in [0, 0.05) is 23.7 Å². The predicted octanol–water partition coefficient (Wildman–Crippen LogP) is 4.54. The van der Waals surface area contributed by atoms with Crippen molar-refractivity contribution in [3.63, 3.8) is 0 Å². The average molecular weight is 294 g/mol. The van der Waals surface area contributed by atoms with Crippen molar-refractivity contribution in [3.8, 4) is 11.1 Å². The molecule has 20 heavy (non-hydrogen) atoms. The lowest BCUT2D eigenvalue weighted by Gasteiger charge is -2.09. The maximum absolute atomic E-state index is 13.8. The Kier molecular flexibility index (Phi) is 3.72. The van der Waals surface area contributed by atoms with Crippen molar-refractivity contribution >= 4 is 11.6 Å². The molecule has 1 nitrogen and oxygen atoms in total. The maximum Gasteiger partial charge on any atom is 0.127 e. The first-order chi connectivity index (χ1) is 9.63. The van der Waals surface area contributed by atoms with Crippen LogP contribution in [0.4, 0.5) is 8.78 Å². The summed E-state index contributed by atoms with van der Waals surface area (Å²) in [4.78, 5) is 0. The highest BCUT2D eigenvalue weighted by Gasteiger charge is 2.20. The Bertz CT molecular complexity index is 638. The van der Waals surface area contributed by atoms with Crippen LogP contribution >= 0.6 is 11.6 Å². The zero-order chi connectivity index (χ0) is 14.1. The van der Waals surface area contributed by atoms with Gasteiger partial charge in [-0.25, -0.2) is 8.78 Å². The molecule has 2 aromatic rings. The molecule has 1 fully saturated rings. The third kappa shape index (κ3) is 3.00. The zero-order valence-corrected chi connectivity index (χ0v) is 11.6. The molecule has 0 bridgehead atoms. The summed E-state index contributed by atoms with van der Waals surface area (Å²) in [7, 11) is 0. The van der Waals surface area contributed by atoms with Crippen LogP contribution in [0.3, 0.4) is 0 Å². The molecule has 0 aromatic heterocycles. The summed E-state index contributed by atoms with van der Waals surface area (Å²) in [5.74, 6) is -0.614. The summed E-state index contributed by atoms with van der Waals surface area (Å²) in [5, 5.41) is 3.61. The number of hydrogen-bond donors (Lipinski definition) is 1. The second-order valence-corrected chi connectivity index (χ2v) is 5.49. The van der Waals surface area contributed by atoms with Crippen LogP contribution in [-0.2, 0) is 6.54 Å². The van der Waals surface area contributed by atoms with Crippen LogP contribution in [0.2, 0.25) is 5.02 Å². The molecule has 0 atom stereocenters. The van der Waals surface area contributed by atoms with E-state index in [0.717, 1.165) is 18.4 Å². The molecule has 1 saturated carbocycles. The minimum Gasteiger partial charge on any atom is -0.310 e. The van der Waals surface area contributed by atoms with Gasteiger partial charge in [0.15, 0.2) is 0 Å². The van der Waals surface area contributed by atoms with Crippen LogP contribution in [-0.4, -0.2) is 6.04 Å². The molecule has 4 heteroatoms. The molecule has 2 aromatic carbocycles. The fourth-order valence-corrected chi connectivity index (χ4v) is 2.42. The van der Waals surface area contributed by atoms with Crippen LogP contribution < -0.4 is 5.32 Å². The second kappa shape index (κ2) is 5.51. The van der Waals surface area contributed by atoms with Crippen molar-refractivity contribution in [2.45, 2.75) is 25.4 Å². The first-order valence-corrected chi connectivity index (χ1v) is 6.98. The summed E-state index contributed by atoms with van der Waals surface area (Å²) in [6, 6.07) is 9.61. The quantitative estimate of drug-likeness (QED) is 0.873. The Morgan fingerprint density at radius 2 is 1.90 bits per heavy atom. The minimum atomic E-state index is -0.378. The molecular formula is C16H14ClF2N. The largest absolute Gasteiger partial charge is 0.310 e. The number of benzene rings is 2. The van der Waals surface area contributed by atoms with Crippen LogP contribution in [0, 0.1) is 11.6 Å². The molecule has 3 rings (SSSR count). The SMILES string of the molecule is Fc1ccc(-c2ccc(F)c(CNC3CC3)c2)c(Cl)c1.